The average Bonchev–Trinajstić information content (AvgIpc) is 3.17. The first kappa shape index (κ1) is 17.8. The molecule has 0 spiro atoms. The summed E-state index contributed by atoms with van der Waals surface area (Å²) in [5.74, 6) is 0.0362. The molecule has 140 valence electrons. The number of aromatic nitrogens is 1. The average molecular weight is 363 g/mol. The number of rotatable bonds is 6. The van der Waals surface area contributed by atoms with Gasteiger partial charge in [0.1, 0.15) is 0 Å². The molecule has 0 bridgehead atoms. The minimum atomic E-state index is -0.0505. The Balaban J connectivity index is 1.28. The fourth-order valence-electron chi connectivity index (χ4n) is 3.67. The third-order valence-electron chi connectivity index (χ3n) is 5.05. The van der Waals surface area contributed by atoms with Crippen molar-refractivity contribution in [2.45, 2.75) is 25.6 Å². The molecule has 1 aliphatic heterocycles. The summed E-state index contributed by atoms with van der Waals surface area (Å²) in [6.45, 7) is 3.80. The molecule has 2 heterocycles. The number of fused-ring (bicyclic) bond motifs is 1. The van der Waals surface area contributed by atoms with Gasteiger partial charge in [-0.25, -0.2) is 0 Å². The fourth-order valence-corrected chi connectivity index (χ4v) is 3.67. The molecular weight excluding hydrogens is 338 g/mol. The van der Waals surface area contributed by atoms with E-state index in [0.717, 1.165) is 36.1 Å². The molecule has 3 aromatic rings. The number of H-pyrrole nitrogens is 1. The highest BCUT2D eigenvalue weighted by atomic mass is 16.5. The van der Waals surface area contributed by atoms with Crippen molar-refractivity contribution in [3.8, 4) is 0 Å². The van der Waals surface area contributed by atoms with Crippen molar-refractivity contribution in [3.05, 3.63) is 71.9 Å². The monoisotopic (exact) mass is 363 g/mol. The summed E-state index contributed by atoms with van der Waals surface area (Å²) in [5.41, 5.74) is 3.51. The van der Waals surface area contributed by atoms with Crippen molar-refractivity contribution >= 4 is 16.8 Å². The number of benzene rings is 2. The Bertz CT molecular complexity index is 891. The molecule has 0 aliphatic carbocycles. The second kappa shape index (κ2) is 8.37. The quantitative estimate of drug-likeness (QED) is 0.708. The lowest BCUT2D eigenvalue weighted by Crippen LogP contribution is -2.44. The number of aromatic amines is 1. The van der Waals surface area contributed by atoms with Crippen molar-refractivity contribution in [1.29, 1.82) is 0 Å². The number of ether oxygens (including phenoxy) is 1. The first-order chi connectivity index (χ1) is 13.3. The van der Waals surface area contributed by atoms with Gasteiger partial charge in [-0.1, -0.05) is 42.5 Å². The van der Waals surface area contributed by atoms with Crippen molar-refractivity contribution in [3.63, 3.8) is 0 Å². The summed E-state index contributed by atoms with van der Waals surface area (Å²) in [6, 6.07) is 18.6. The number of carbonyl (C=O) groups is 1. The zero-order chi connectivity index (χ0) is 18.5. The molecule has 0 saturated carbocycles. The van der Waals surface area contributed by atoms with Crippen LogP contribution in [0.25, 0.3) is 10.9 Å². The van der Waals surface area contributed by atoms with Crippen LogP contribution < -0.4 is 5.32 Å². The second-order valence-corrected chi connectivity index (χ2v) is 7.05. The van der Waals surface area contributed by atoms with E-state index in [1.54, 1.807) is 0 Å². The Morgan fingerprint density at radius 1 is 1.15 bits per heavy atom. The van der Waals surface area contributed by atoms with Crippen LogP contribution in [0.15, 0.2) is 60.8 Å². The number of hydrogen-bond acceptors (Lipinski definition) is 3. The van der Waals surface area contributed by atoms with Gasteiger partial charge in [0.05, 0.1) is 19.1 Å². The maximum absolute atomic E-state index is 12.4. The molecule has 1 aliphatic rings. The van der Waals surface area contributed by atoms with Crippen LogP contribution in [0.4, 0.5) is 0 Å². The van der Waals surface area contributed by atoms with E-state index in [0.29, 0.717) is 19.6 Å². The van der Waals surface area contributed by atoms with Gasteiger partial charge in [-0.05, 0) is 23.3 Å². The number of carbonyl (C=O) groups excluding carboxylic acids is 1. The van der Waals surface area contributed by atoms with Gasteiger partial charge in [0.2, 0.25) is 5.91 Å². The van der Waals surface area contributed by atoms with E-state index in [-0.39, 0.29) is 12.0 Å². The highest BCUT2D eigenvalue weighted by Crippen LogP contribution is 2.17. The Hall–Kier alpha value is -2.63. The van der Waals surface area contributed by atoms with Crippen LogP contribution >= 0.6 is 0 Å². The molecule has 1 atom stereocenters. The maximum Gasteiger partial charge on any atom is 0.222 e. The highest BCUT2D eigenvalue weighted by molar-refractivity contribution is 5.83. The summed E-state index contributed by atoms with van der Waals surface area (Å²) in [7, 11) is 0. The lowest BCUT2D eigenvalue weighted by Gasteiger charge is -2.32. The SMILES string of the molecule is O=C(CC1CN(Cc2ccccc2)CCO1)NCc1cccc2[nH]ccc12. The molecule has 5 nitrogen and oxygen atoms in total. The van der Waals surface area contributed by atoms with Crippen LogP contribution in [0.2, 0.25) is 0 Å². The van der Waals surface area contributed by atoms with Gasteiger partial charge in [-0.15, -0.1) is 0 Å². The van der Waals surface area contributed by atoms with Crippen LogP contribution in [0.5, 0.6) is 0 Å². The van der Waals surface area contributed by atoms with E-state index >= 15 is 0 Å². The molecule has 5 heteroatoms. The zero-order valence-corrected chi connectivity index (χ0v) is 15.4. The molecule has 1 amide bonds. The van der Waals surface area contributed by atoms with Gasteiger partial charge in [-0.2, -0.15) is 0 Å². The number of morpholine rings is 1. The van der Waals surface area contributed by atoms with E-state index in [4.69, 9.17) is 4.74 Å². The predicted molar refractivity (Wildman–Crippen MR) is 106 cm³/mol. The Labute approximate surface area is 159 Å². The second-order valence-electron chi connectivity index (χ2n) is 7.05. The Morgan fingerprint density at radius 2 is 2.04 bits per heavy atom. The van der Waals surface area contributed by atoms with Gasteiger partial charge >= 0.3 is 0 Å². The molecule has 1 unspecified atom stereocenters. The van der Waals surface area contributed by atoms with Crippen LogP contribution in [0.3, 0.4) is 0 Å². The third-order valence-corrected chi connectivity index (χ3v) is 5.05. The largest absolute Gasteiger partial charge is 0.375 e. The first-order valence-electron chi connectivity index (χ1n) is 9.47. The molecule has 0 radical (unpaired) electrons. The topological polar surface area (TPSA) is 57.4 Å². The molecule has 2 aromatic carbocycles. The number of nitrogens with one attached hydrogen (secondary N) is 2. The van der Waals surface area contributed by atoms with Gasteiger partial charge in [0.15, 0.2) is 0 Å². The van der Waals surface area contributed by atoms with Crippen LogP contribution in [-0.4, -0.2) is 41.6 Å². The molecule has 4 rings (SSSR count). The summed E-state index contributed by atoms with van der Waals surface area (Å²) in [4.78, 5) is 18.0. The summed E-state index contributed by atoms with van der Waals surface area (Å²) in [6.07, 6.45) is 2.27. The van der Waals surface area contributed by atoms with Crippen molar-refractivity contribution in [2.24, 2.45) is 0 Å². The predicted octanol–water partition coefficient (Wildman–Crippen LogP) is 3.08. The highest BCUT2D eigenvalue weighted by Gasteiger charge is 2.23. The lowest BCUT2D eigenvalue weighted by atomic mass is 10.1. The molecular formula is C22H25N3O2. The summed E-state index contributed by atoms with van der Waals surface area (Å²) >= 11 is 0. The third kappa shape index (κ3) is 4.56. The van der Waals surface area contributed by atoms with Gasteiger partial charge in [-0.3, -0.25) is 9.69 Å². The van der Waals surface area contributed by atoms with E-state index in [1.165, 1.54) is 5.56 Å². The van der Waals surface area contributed by atoms with Crippen LogP contribution in [-0.2, 0) is 22.6 Å². The Kier molecular flexibility index (Phi) is 5.51. The molecule has 2 N–H and O–H groups in total. The number of nitrogens with zero attached hydrogens (tertiary/aromatic N) is 1. The maximum atomic E-state index is 12.4. The number of amides is 1. The minimum absolute atomic E-state index is 0.0362. The fraction of sp³-hybridized carbons (Fsp3) is 0.318. The smallest absolute Gasteiger partial charge is 0.222 e. The van der Waals surface area contributed by atoms with Gasteiger partial charge in [0, 0.05) is 43.3 Å². The van der Waals surface area contributed by atoms with Crippen molar-refractivity contribution in [1.82, 2.24) is 15.2 Å². The molecule has 1 fully saturated rings. The van der Waals surface area contributed by atoms with E-state index < -0.39 is 0 Å². The van der Waals surface area contributed by atoms with Crippen LogP contribution in [0, 0.1) is 0 Å². The van der Waals surface area contributed by atoms with E-state index in [2.05, 4.69) is 45.5 Å². The van der Waals surface area contributed by atoms with E-state index in [1.807, 2.05) is 30.5 Å². The van der Waals surface area contributed by atoms with Gasteiger partial charge < -0.3 is 15.0 Å². The standard InChI is InChI=1S/C22H25N3O2/c26-22(24-14-18-7-4-8-21-20(18)9-10-23-21)13-19-16-25(11-12-27-19)15-17-5-2-1-3-6-17/h1-10,19,23H,11-16H2,(H,24,26). The normalized spacial score (nSPS) is 17.9. The zero-order valence-electron chi connectivity index (χ0n) is 15.4. The lowest BCUT2D eigenvalue weighted by molar-refractivity contribution is -0.126. The minimum Gasteiger partial charge on any atom is -0.375 e. The van der Waals surface area contributed by atoms with Crippen molar-refractivity contribution < 1.29 is 9.53 Å². The summed E-state index contributed by atoms with van der Waals surface area (Å²) < 4.78 is 5.82. The molecule has 1 saturated heterocycles. The van der Waals surface area contributed by atoms with Crippen molar-refractivity contribution in [2.75, 3.05) is 19.7 Å². The Morgan fingerprint density at radius 3 is 2.93 bits per heavy atom. The van der Waals surface area contributed by atoms with Gasteiger partial charge in [0.25, 0.3) is 0 Å². The number of hydrogen-bond donors (Lipinski definition) is 2. The van der Waals surface area contributed by atoms with E-state index in [9.17, 15) is 4.79 Å². The van der Waals surface area contributed by atoms with Crippen LogP contribution in [0.1, 0.15) is 17.5 Å². The molecule has 27 heavy (non-hydrogen) atoms. The summed E-state index contributed by atoms with van der Waals surface area (Å²) in [5, 5.41) is 4.19. The molecule has 1 aromatic heterocycles. The first-order valence-corrected chi connectivity index (χ1v) is 9.47.